The van der Waals surface area contributed by atoms with Crippen LogP contribution in [0.25, 0.3) is 0 Å². The van der Waals surface area contributed by atoms with Gasteiger partial charge in [0.05, 0.1) is 6.20 Å². The first-order valence-corrected chi connectivity index (χ1v) is 5.63. The summed E-state index contributed by atoms with van der Waals surface area (Å²) in [5.41, 5.74) is 0.00947. The Balaban J connectivity index is 2.17. The molecule has 0 saturated carbocycles. The molecule has 0 atom stereocenters. The Kier molecular flexibility index (Phi) is 3.35. The number of benzene rings is 1. The van der Waals surface area contributed by atoms with Crippen molar-refractivity contribution in [2.45, 2.75) is 0 Å². The largest absolute Gasteiger partial charge is 0.298 e. The van der Waals surface area contributed by atoms with Gasteiger partial charge in [0.2, 0.25) is 0 Å². The zero-order valence-corrected chi connectivity index (χ0v) is 9.78. The first-order valence-electron chi connectivity index (χ1n) is 4.44. The highest BCUT2D eigenvalue weighted by atomic mass is 35.5. The third-order valence-electron chi connectivity index (χ3n) is 1.88. The van der Waals surface area contributed by atoms with Crippen LogP contribution >= 0.6 is 22.9 Å². The second-order valence-electron chi connectivity index (χ2n) is 3.05. The molecule has 1 heterocycles. The minimum absolute atomic E-state index is 0.00947. The normalized spacial score (nSPS) is 10.3. The van der Waals surface area contributed by atoms with E-state index >= 15 is 0 Å². The average Bonchev–Trinajstić information content (AvgIpc) is 2.68. The second kappa shape index (κ2) is 4.77. The monoisotopic (exact) mass is 274 g/mol. The van der Waals surface area contributed by atoms with E-state index in [9.17, 15) is 13.6 Å². The van der Waals surface area contributed by atoms with Crippen molar-refractivity contribution >= 4 is 34.0 Å². The summed E-state index contributed by atoms with van der Waals surface area (Å²) in [6, 6.07) is 2.89. The number of carbonyl (C=O) groups excluding carboxylic acids is 1. The van der Waals surface area contributed by atoms with Crippen LogP contribution in [-0.2, 0) is 0 Å². The number of thiazole rings is 1. The molecule has 2 aromatic rings. The van der Waals surface area contributed by atoms with E-state index in [1.165, 1.54) is 12.3 Å². The lowest BCUT2D eigenvalue weighted by Gasteiger charge is -2.01. The number of anilines is 1. The zero-order valence-electron chi connectivity index (χ0n) is 8.21. The lowest BCUT2D eigenvalue weighted by molar-refractivity contribution is 0.102. The number of nitrogens with one attached hydrogen (secondary N) is 1. The standard InChI is InChI=1S/C10H5ClF2N2OS/c11-8-4-14-10(17-8)15-9(16)5-1-2-6(12)7(13)3-5/h1-4H,(H,14,15,16). The van der Waals surface area contributed by atoms with Crippen molar-refractivity contribution in [1.82, 2.24) is 4.98 Å². The molecule has 0 fully saturated rings. The van der Waals surface area contributed by atoms with Crippen molar-refractivity contribution in [1.29, 1.82) is 0 Å². The number of hydrogen-bond donors (Lipinski definition) is 1. The maximum atomic E-state index is 12.9. The number of amides is 1. The van der Waals surface area contributed by atoms with E-state index < -0.39 is 17.5 Å². The summed E-state index contributed by atoms with van der Waals surface area (Å²) < 4.78 is 26.0. The molecule has 0 radical (unpaired) electrons. The quantitative estimate of drug-likeness (QED) is 0.913. The molecule has 1 N–H and O–H groups in total. The molecule has 0 bridgehead atoms. The van der Waals surface area contributed by atoms with Crippen LogP contribution in [0.3, 0.4) is 0 Å². The number of rotatable bonds is 2. The highest BCUT2D eigenvalue weighted by Crippen LogP contribution is 2.23. The van der Waals surface area contributed by atoms with Gasteiger partial charge >= 0.3 is 0 Å². The smallest absolute Gasteiger partial charge is 0.257 e. The molecule has 2 rings (SSSR count). The molecule has 88 valence electrons. The summed E-state index contributed by atoms with van der Waals surface area (Å²) in [6.07, 6.45) is 1.38. The van der Waals surface area contributed by atoms with Gasteiger partial charge in [-0.2, -0.15) is 0 Å². The Morgan fingerprint density at radius 1 is 1.35 bits per heavy atom. The fourth-order valence-electron chi connectivity index (χ4n) is 1.12. The molecule has 0 aliphatic heterocycles. The van der Waals surface area contributed by atoms with Crippen LogP contribution in [0.15, 0.2) is 24.4 Å². The SMILES string of the molecule is O=C(Nc1ncc(Cl)s1)c1ccc(F)c(F)c1. The fourth-order valence-corrected chi connectivity index (χ4v) is 1.93. The van der Waals surface area contributed by atoms with E-state index in [1.807, 2.05) is 0 Å². The van der Waals surface area contributed by atoms with Crippen molar-refractivity contribution in [2.24, 2.45) is 0 Å². The lowest BCUT2D eigenvalue weighted by Crippen LogP contribution is -2.12. The van der Waals surface area contributed by atoms with Gasteiger partial charge in [0.1, 0.15) is 4.34 Å². The number of hydrogen-bond acceptors (Lipinski definition) is 3. The van der Waals surface area contributed by atoms with Gasteiger partial charge in [-0.05, 0) is 18.2 Å². The predicted octanol–water partition coefficient (Wildman–Crippen LogP) is 3.33. The summed E-state index contributed by atoms with van der Waals surface area (Å²) >= 11 is 6.70. The second-order valence-corrected chi connectivity index (χ2v) is 4.71. The minimum atomic E-state index is -1.07. The van der Waals surface area contributed by atoms with E-state index in [2.05, 4.69) is 10.3 Å². The Labute approximate surface area is 104 Å². The van der Waals surface area contributed by atoms with Crippen molar-refractivity contribution in [2.75, 3.05) is 5.32 Å². The van der Waals surface area contributed by atoms with Gasteiger partial charge in [0.25, 0.3) is 5.91 Å². The first kappa shape index (κ1) is 11.9. The Hall–Kier alpha value is -1.53. The van der Waals surface area contributed by atoms with Crippen LogP contribution < -0.4 is 5.32 Å². The maximum Gasteiger partial charge on any atom is 0.257 e. The molecule has 1 aromatic carbocycles. The number of aromatic nitrogens is 1. The lowest BCUT2D eigenvalue weighted by atomic mass is 10.2. The summed E-state index contributed by atoms with van der Waals surface area (Å²) in [5, 5.41) is 2.72. The van der Waals surface area contributed by atoms with Gasteiger partial charge in [-0.1, -0.05) is 22.9 Å². The van der Waals surface area contributed by atoms with Gasteiger partial charge in [0, 0.05) is 5.56 Å². The molecule has 1 aromatic heterocycles. The van der Waals surface area contributed by atoms with Crippen LogP contribution in [0, 0.1) is 11.6 Å². The summed E-state index contributed by atoms with van der Waals surface area (Å²) in [5.74, 6) is -2.65. The van der Waals surface area contributed by atoms with Gasteiger partial charge in [-0.15, -0.1) is 0 Å². The number of halogens is 3. The predicted molar refractivity (Wildman–Crippen MR) is 61.4 cm³/mol. The van der Waals surface area contributed by atoms with Gasteiger partial charge in [-0.3, -0.25) is 10.1 Å². The minimum Gasteiger partial charge on any atom is -0.298 e. The third kappa shape index (κ3) is 2.78. The van der Waals surface area contributed by atoms with E-state index in [0.717, 1.165) is 23.5 Å². The van der Waals surface area contributed by atoms with E-state index in [0.29, 0.717) is 9.47 Å². The van der Waals surface area contributed by atoms with Crippen LogP contribution in [0.2, 0.25) is 4.34 Å². The van der Waals surface area contributed by atoms with Crippen LogP contribution in [-0.4, -0.2) is 10.9 Å². The summed E-state index contributed by atoms with van der Waals surface area (Å²) in [4.78, 5) is 15.4. The van der Waals surface area contributed by atoms with Crippen molar-refractivity contribution in [3.8, 4) is 0 Å². The molecule has 1 amide bonds. The molecule has 0 unspecified atom stereocenters. The zero-order chi connectivity index (χ0) is 12.4. The van der Waals surface area contributed by atoms with Gasteiger partial charge in [-0.25, -0.2) is 13.8 Å². The van der Waals surface area contributed by atoms with E-state index in [-0.39, 0.29) is 5.56 Å². The van der Waals surface area contributed by atoms with E-state index in [4.69, 9.17) is 11.6 Å². The third-order valence-corrected chi connectivity index (χ3v) is 2.91. The van der Waals surface area contributed by atoms with Crippen LogP contribution in [0.4, 0.5) is 13.9 Å². The summed E-state index contributed by atoms with van der Waals surface area (Å²) in [6.45, 7) is 0. The Morgan fingerprint density at radius 3 is 2.71 bits per heavy atom. The molecule has 7 heteroatoms. The number of carbonyl (C=O) groups is 1. The first-order chi connectivity index (χ1) is 8.06. The highest BCUT2D eigenvalue weighted by Gasteiger charge is 2.11. The average molecular weight is 275 g/mol. The fraction of sp³-hybridized carbons (Fsp3) is 0. The molecular formula is C10H5ClF2N2OS. The van der Waals surface area contributed by atoms with Crippen LogP contribution in [0.1, 0.15) is 10.4 Å². The number of nitrogens with zero attached hydrogens (tertiary/aromatic N) is 1. The molecule has 0 spiro atoms. The molecular weight excluding hydrogens is 270 g/mol. The van der Waals surface area contributed by atoms with Gasteiger partial charge in [0.15, 0.2) is 16.8 Å². The van der Waals surface area contributed by atoms with Crippen molar-refractivity contribution < 1.29 is 13.6 Å². The topological polar surface area (TPSA) is 42.0 Å². The molecule has 3 nitrogen and oxygen atoms in total. The molecule has 0 saturated heterocycles. The maximum absolute atomic E-state index is 12.9. The van der Waals surface area contributed by atoms with Crippen molar-refractivity contribution in [3.63, 3.8) is 0 Å². The molecule has 0 aliphatic carbocycles. The van der Waals surface area contributed by atoms with Crippen LogP contribution in [0.5, 0.6) is 0 Å². The van der Waals surface area contributed by atoms with Gasteiger partial charge < -0.3 is 0 Å². The molecule has 17 heavy (non-hydrogen) atoms. The highest BCUT2D eigenvalue weighted by molar-refractivity contribution is 7.19. The Morgan fingerprint density at radius 2 is 2.12 bits per heavy atom. The molecule has 0 aliphatic rings. The van der Waals surface area contributed by atoms with Crippen molar-refractivity contribution in [3.05, 3.63) is 45.9 Å². The Bertz CT molecular complexity index is 573. The van der Waals surface area contributed by atoms with E-state index in [1.54, 1.807) is 0 Å². The summed E-state index contributed by atoms with van der Waals surface area (Å²) in [7, 11) is 0.